The minimum Gasteiger partial charge on any atom is -0.493 e. The first-order valence-corrected chi connectivity index (χ1v) is 13.3. The Hall–Kier alpha value is -3.44. The Balaban J connectivity index is 0.000000550. The number of piperidine rings is 1. The van der Waals surface area contributed by atoms with Crippen LogP contribution in [0.2, 0.25) is 0 Å². The van der Waals surface area contributed by atoms with E-state index in [0.29, 0.717) is 30.6 Å². The number of nitrogens with zero attached hydrogens (tertiary/aromatic N) is 3. The molecule has 1 saturated heterocycles. The molecule has 11 heteroatoms. The van der Waals surface area contributed by atoms with Crippen LogP contribution in [0.5, 0.6) is 5.75 Å². The number of ether oxygens (including phenoxy) is 1. The third-order valence-electron chi connectivity index (χ3n) is 5.72. The van der Waals surface area contributed by atoms with Crippen molar-refractivity contribution in [1.29, 1.82) is 0 Å². The van der Waals surface area contributed by atoms with Crippen LogP contribution in [-0.4, -0.2) is 82.7 Å². The fourth-order valence-electron chi connectivity index (χ4n) is 3.76. The number of benzene rings is 2. The summed E-state index contributed by atoms with van der Waals surface area (Å²) >= 11 is 1.68. The lowest BCUT2D eigenvalue weighted by atomic mass is 10.0. The van der Waals surface area contributed by atoms with Crippen molar-refractivity contribution in [2.45, 2.75) is 25.3 Å². The number of rotatable bonds is 9. The molecule has 0 saturated carbocycles. The monoisotopic (exact) mass is 549 g/mol. The summed E-state index contributed by atoms with van der Waals surface area (Å²) in [5.74, 6) is -3.87. The lowest BCUT2D eigenvalue weighted by Crippen LogP contribution is -2.45. The minimum absolute atomic E-state index is 0.372. The highest BCUT2D eigenvalue weighted by Crippen LogP contribution is 2.22. The van der Waals surface area contributed by atoms with E-state index < -0.39 is 23.6 Å². The molecule has 8 nitrogen and oxygen atoms in total. The van der Waals surface area contributed by atoms with Gasteiger partial charge in [-0.05, 0) is 49.8 Å². The van der Waals surface area contributed by atoms with Crippen LogP contribution in [0.25, 0.3) is 0 Å². The average Bonchev–Trinajstić information content (AvgIpc) is 2.91. The summed E-state index contributed by atoms with van der Waals surface area (Å²) < 4.78 is 31.7. The van der Waals surface area contributed by atoms with E-state index in [9.17, 15) is 18.4 Å². The van der Waals surface area contributed by atoms with Gasteiger partial charge in [-0.15, -0.1) is 0 Å². The van der Waals surface area contributed by atoms with Gasteiger partial charge in [0.2, 0.25) is 0 Å². The maximum absolute atomic E-state index is 13.2. The number of halogens is 2. The molecule has 1 aliphatic heterocycles. The van der Waals surface area contributed by atoms with Crippen molar-refractivity contribution in [2.24, 2.45) is 4.99 Å². The molecule has 0 unspecified atom stereocenters. The Morgan fingerprint density at radius 3 is 2.26 bits per heavy atom. The highest BCUT2D eigenvalue weighted by Gasteiger charge is 2.24. The average molecular weight is 550 g/mol. The molecule has 0 amide bonds. The molecule has 0 radical (unpaired) electrons. The minimum atomic E-state index is -1.26. The van der Waals surface area contributed by atoms with E-state index in [1.807, 2.05) is 30.3 Å². The normalized spacial score (nSPS) is 14.6. The van der Waals surface area contributed by atoms with Crippen LogP contribution in [-0.2, 0) is 9.59 Å². The van der Waals surface area contributed by atoms with E-state index in [2.05, 4.69) is 23.1 Å². The lowest BCUT2D eigenvalue weighted by Gasteiger charge is -2.37. The Labute approximate surface area is 225 Å². The van der Waals surface area contributed by atoms with Gasteiger partial charge in [0.1, 0.15) is 5.75 Å². The number of amidine groups is 1. The first kappa shape index (κ1) is 30.8. The van der Waals surface area contributed by atoms with Gasteiger partial charge in [0.25, 0.3) is 0 Å². The van der Waals surface area contributed by atoms with E-state index in [4.69, 9.17) is 19.9 Å². The number of aliphatic imine (C=N–C) groups is 1. The molecule has 1 fully saturated rings. The van der Waals surface area contributed by atoms with Gasteiger partial charge in [-0.2, -0.15) is 0 Å². The SMILES string of the molecule is CS/C(=N\c1ccccc1)N(C)C1CCN(CCCOc2ccc(F)c(F)c2)CC1.O=C(O)/C=C/C(=O)O. The van der Waals surface area contributed by atoms with Crippen LogP contribution in [0.15, 0.2) is 65.7 Å². The molecule has 2 N–H and O–H groups in total. The number of hydrogen-bond acceptors (Lipinski definition) is 6. The number of carbonyl (C=O) groups is 2. The highest BCUT2D eigenvalue weighted by molar-refractivity contribution is 8.13. The van der Waals surface area contributed by atoms with Gasteiger partial charge in [-0.25, -0.2) is 23.4 Å². The molecular formula is C27H33F2N3O5S. The van der Waals surface area contributed by atoms with Crippen molar-refractivity contribution < 1.29 is 33.3 Å². The smallest absolute Gasteiger partial charge is 0.328 e. The third-order valence-corrected chi connectivity index (χ3v) is 6.46. The van der Waals surface area contributed by atoms with Crippen LogP contribution in [0.3, 0.4) is 0 Å². The Morgan fingerprint density at radius 1 is 1.08 bits per heavy atom. The standard InChI is InChI=1S/C23H29F2N3OS.C4H4O4/c1-27(23(30-2)26-18-7-4-3-5-8-18)19-11-14-28(15-12-19)13-6-16-29-20-9-10-21(24)22(25)17-20;5-3(6)1-2-4(7)8/h3-5,7-10,17,19H,6,11-16H2,1-2H3;1-2H,(H,5,6)(H,7,8)/b26-23-;2-1+. The summed E-state index contributed by atoms with van der Waals surface area (Å²) in [5, 5.41) is 16.7. The first-order chi connectivity index (χ1) is 18.2. The molecule has 0 bridgehead atoms. The summed E-state index contributed by atoms with van der Waals surface area (Å²) in [6.45, 7) is 3.50. The molecule has 0 aromatic heterocycles. The van der Waals surface area contributed by atoms with Crippen molar-refractivity contribution in [1.82, 2.24) is 9.80 Å². The zero-order valence-electron chi connectivity index (χ0n) is 21.4. The van der Waals surface area contributed by atoms with Gasteiger partial charge in [0.05, 0.1) is 12.3 Å². The van der Waals surface area contributed by atoms with Crippen molar-refractivity contribution >= 4 is 34.6 Å². The van der Waals surface area contributed by atoms with Gasteiger partial charge in [0, 0.05) is 50.9 Å². The molecule has 38 heavy (non-hydrogen) atoms. The lowest BCUT2D eigenvalue weighted by molar-refractivity contribution is -0.134. The van der Waals surface area contributed by atoms with E-state index in [1.54, 1.807) is 11.8 Å². The highest BCUT2D eigenvalue weighted by atomic mass is 32.2. The number of aliphatic carboxylic acids is 2. The molecular weight excluding hydrogens is 516 g/mol. The topological polar surface area (TPSA) is 103 Å². The molecule has 1 heterocycles. The van der Waals surface area contributed by atoms with E-state index in [1.165, 1.54) is 6.07 Å². The molecule has 0 aliphatic carbocycles. The summed E-state index contributed by atoms with van der Waals surface area (Å²) in [7, 11) is 2.13. The van der Waals surface area contributed by atoms with Gasteiger partial charge >= 0.3 is 11.9 Å². The summed E-state index contributed by atoms with van der Waals surface area (Å²) in [6, 6.07) is 14.2. The van der Waals surface area contributed by atoms with Crippen LogP contribution < -0.4 is 4.74 Å². The predicted molar refractivity (Wildman–Crippen MR) is 145 cm³/mol. The number of likely N-dealkylation sites (tertiary alicyclic amines) is 1. The molecule has 0 atom stereocenters. The van der Waals surface area contributed by atoms with E-state index in [-0.39, 0.29) is 0 Å². The van der Waals surface area contributed by atoms with Crippen molar-refractivity contribution in [3.63, 3.8) is 0 Å². The number of carboxylic acids is 2. The number of carboxylic acid groups (broad SMARTS) is 2. The van der Waals surface area contributed by atoms with Gasteiger partial charge in [-0.1, -0.05) is 30.0 Å². The summed E-state index contributed by atoms with van der Waals surface area (Å²) in [5.41, 5.74) is 0.979. The maximum Gasteiger partial charge on any atom is 0.328 e. The molecule has 2 aromatic carbocycles. The third kappa shape index (κ3) is 11.3. The second kappa shape index (κ2) is 16.4. The summed E-state index contributed by atoms with van der Waals surface area (Å²) in [6.07, 6.45) is 6.22. The second-order valence-electron chi connectivity index (χ2n) is 8.41. The van der Waals surface area contributed by atoms with Gasteiger partial charge < -0.3 is 24.7 Å². The zero-order chi connectivity index (χ0) is 27.9. The quantitative estimate of drug-likeness (QED) is 0.197. The van der Waals surface area contributed by atoms with Crippen molar-refractivity contribution in [3.8, 4) is 5.75 Å². The zero-order valence-corrected chi connectivity index (χ0v) is 22.2. The molecule has 1 aliphatic rings. The first-order valence-electron chi connectivity index (χ1n) is 12.0. The van der Waals surface area contributed by atoms with Crippen LogP contribution in [0.4, 0.5) is 14.5 Å². The number of thioether (sulfide) groups is 1. The number of para-hydroxylation sites is 1. The fourth-order valence-corrected chi connectivity index (χ4v) is 4.39. The summed E-state index contributed by atoms with van der Waals surface area (Å²) in [4.78, 5) is 28.6. The molecule has 206 valence electrons. The molecule has 0 spiro atoms. The van der Waals surface area contributed by atoms with Gasteiger partial charge in [-0.3, -0.25) is 0 Å². The van der Waals surface area contributed by atoms with Crippen LogP contribution in [0, 0.1) is 11.6 Å². The van der Waals surface area contributed by atoms with E-state index in [0.717, 1.165) is 61.9 Å². The Bertz CT molecular complexity index is 1080. The van der Waals surface area contributed by atoms with Crippen molar-refractivity contribution in [3.05, 3.63) is 72.3 Å². The second-order valence-corrected chi connectivity index (χ2v) is 9.18. The molecule has 2 aromatic rings. The van der Waals surface area contributed by atoms with Crippen molar-refractivity contribution in [2.75, 3.05) is 39.5 Å². The Morgan fingerprint density at radius 2 is 1.71 bits per heavy atom. The largest absolute Gasteiger partial charge is 0.493 e. The van der Waals surface area contributed by atoms with Crippen LogP contribution in [0.1, 0.15) is 19.3 Å². The Kier molecular flexibility index (Phi) is 13.3. The number of hydrogen-bond donors (Lipinski definition) is 2. The predicted octanol–water partition coefficient (Wildman–Crippen LogP) is 4.89. The maximum atomic E-state index is 13.2. The van der Waals surface area contributed by atoms with E-state index >= 15 is 0 Å². The van der Waals surface area contributed by atoms with Crippen LogP contribution >= 0.6 is 11.8 Å². The van der Waals surface area contributed by atoms with Gasteiger partial charge in [0.15, 0.2) is 16.8 Å². The fraction of sp³-hybridized carbons (Fsp3) is 0.370. The molecule has 3 rings (SSSR count).